The summed E-state index contributed by atoms with van der Waals surface area (Å²) in [6.45, 7) is 1.43. The van der Waals surface area contributed by atoms with E-state index in [0.29, 0.717) is 29.1 Å². The summed E-state index contributed by atoms with van der Waals surface area (Å²) in [7, 11) is 0. The van der Waals surface area contributed by atoms with E-state index in [1.807, 2.05) is 0 Å². The van der Waals surface area contributed by atoms with Crippen LogP contribution in [0.4, 0.5) is 0 Å². The minimum absolute atomic E-state index is 0.115. The number of fused-ring (bicyclic) bond motifs is 1. The van der Waals surface area contributed by atoms with Gasteiger partial charge in [0.15, 0.2) is 5.65 Å². The van der Waals surface area contributed by atoms with Crippen LogP contribution in [0.25, 0.3) is 10.3 Å². The summed E-state index contributed by atoms with van der Waals surface area (Å²) in [6, 6.07) is 0. The second-order valence-electron chi connectivity index (χ2n) is 4.20. The van der Waals surface area contributed by atoms with Crippen molar-refractivity contribution in [1.29, 1.82) is 0 Å². The number of hydrogen-bond donors (Lipinski definition) is 0. The van der Waals surface area contributed by atoms with Gasteiger partial charge in [0.25, 0.3) is 0 Å². The smallest absolute Gasteiger partial charge is 0.304 e. The van der Waals surface area contributed by atoms with Crippen molar-refractivity contribution in [3.63, 3.8) is 0 Å². The van der Waals surface area contributed by atoms with Crippen LogP contribution >= 0.6 is 11.3 Å². The molecule has 1 unspecified atom stereocenters. The van der Waals surface area contributed by atoms with Crippen molar-refractivity contribution >= 4 is 32.9 Å². The zero-order valence-corrected chi connectivity index (χ0v) is 12.0. The summed E-state index contributed by atoms with van der Waals surface area (Å²) >= 11 is 0.216. The van der Waals surface area contributed by atoms with E-state index in [1.54, 1.807) is 6.26 Å². The van der Waals surface area contributed by atoms with Crippen LogP contribution in [0.3, 0.4) is 0 Å². The van der Waals surface area contributed by atoms with E-state index in [0.717, 1.165) is 17.5 Å². The lowest BCUT2D eigenvalue weighted by molar-refractivity contribution is 0.0244. The Kier molecular flexibility index (Phi) is 3.83. The van der Waals surface area contributed by atoms with Gasteiger partial charge in [-0.05, 0) is 0 Å². The van der Waals surface area contributed by atoms with Crippen LogP contribution in [0.1, 0.15) is 12.8 Å². The summed E-state index contributed by atoms with van der Waals surface area (Å²) in [5.41, 5.74) is 0.548. The van der Waals surface area contributed by atoms with Crippen molar-refractivity contribution in [2.24, 2.45) is 0 Å². The minimum atomic E-state index is -1.11. The Morgan fingerprint density at radius 3 is 2.95 bits per heavy atom. The van der Waals surface area contributed by atoms with Crippen molar-refractivity contribution in [2.75, 3.05) is 19.5 Å². The number of thiazole rings is 1. The van der Waals surface area contributed by atoms with Gasteiger partial charge in [-0.3, -0.25) is 0 Å². The van der Waals surface area contributed by atoms with Crippen molar-refractivity contribution in [3.05, 3.63) is 6.33 Å². The van der Waals surface area contributed by atoms with E-state index in [2.05, 4.69) is 15.0 Å². The summed E-state index contributed by atoms with van der Waals surface area (Å²) in [5, 5.41) is 0. The highest BCUT2D eigenvalue weighted by Crippen LogP contribution is 2.31. The lowest BCUT2D eigenvalue weighted by Crippen LogP contribution is -2.26. The fourth-order valence-corrected chi connectivity index (χ4v) is 3.49. The average molecular weight is 299 g/mol. The molecule has 6 nitrogen and oxygen atoms in total. The maximum absolute atomic E-state index is 11.5. The first-order valence-electron chi connectivity index (χ1n) is 5.93. The lowest BCUT2D eigenvalue weighted by atomic mass is 10.2. The Labute approximate surface area is 117 Å². The third-order valence-electron chi connectivity index (χ3n) is 2.83. The molecule has 0 aliphatic carbocycles. The number of rotatable bonds is 3. The van der Waals surface area contributed by atoms with Crippen LogP contribution in [-0.2, 0) is 15.9 Å². The maximum Gasteiger partial charge on any atom is 0.304 e. The summed E-state index contributed by atoms with van der Waals surface area (Å²) in [4.78, 5) is 12.5. The van der Waals surface area contributed by atoms with Crippen LogP contribution in [0.15, 0.2) is 10.7 Å². The van der Waals surface area contributed by atoms with E-state index in [-0.39, 0.29) is 6.10 Å². The molecule has 3 rings (SSSR count). The number of hydrogen-bond acceptors (Lipinski definition) is 7. The van der Waals surface area contributed by atoms with E-state index < -0.39 is 11.2 Å². The van der Waals surface area contributed by atoms with Crippen LogP contribution in [-0.4, -0.2) is 45.1 Å². The van der Waals surface area contributed by atoms with Gasteiger partial charge in [-0.1, -0.05) is 11.3 Å². The van der Waals surface area contributed by atoms with Crippen molar-refractivity contribution in [3.8, 4) is 5.88 Å². The molecule has 0 radical (unpaired) electrons. The van der Waals surface area contributed by atoms with Gasteiger partial charge in [-0.2, -0.15) is 4.98 Å². The molecule has 0 aromatic carbocycles. The standard InChI is InChI=1S/C11H13N3O3S2/c1-19(15)11-14-9-8(18-11)10(13-6-12-9)17-7-2-4-16-5-3-7/h6-7H,2-5H2,1H3. The lowest BCUT2D eigenvalue weighted by Gasteiger charge is -2.22. The van der Waals surface area contributed by atoms with Gasteiger partial charge >= 0.3 is 4.34 Å². The SMILES string of the molecule is C[S+]([O-])c1nc2ncnc(OC3CCOCC3)c2s1. The van der Waals surface area contributed by atoms with E-state index in [9.17, 15) is 4.55 Å². The molecule has 1 aliphatic rings. The van der Waals surface area contributed by atoms with Crippen LogP contribution in [0, 0.1) is 0 Å². The molecule has 0 amide bonds. The largest absolute Gasteiger partial charge is 0.610 e. The Bertz CT molecular complexity index is 569. The van der Waals surface area contributed by atoms with E-state index in [1.165, 1.54) is 17.7 Å². The predicted molar refractivity (Wildman–Crippen MR) is 72.0 cm³/mol. The molecule has 1 fully saturated rings. The Hall–Kier alpha value is -0.960. The van der Waals surface area contributed by atoms with Crippen LogP contribution < -0.4 is 4.74 Å². The monoisotopic (exact) mass is 299 g/mol. The molecule has 8 heteroatoms. The van der Waals surface area contributed by atoms with E-state index in [4.69, 9.17) is 9.47 Å². The zero-order valence-electron chi connectivity index (χ0n) is 10.4. The van der Waals surface area contributed by atoms with Crippen LogP contribution in [0.5, 0.6) is 5.88 Å². The van der Waals surface area contributed by atoms with Crippen LogP contribution in [0.2, 0.25) is 0 Å². The van der Waals surface area contributed by atoms with E-state index >= 15 is 0 Å². The van der Waals surface area contributed by atoms with Crippen molar-refractivity contribution in [2.45, 2.75) is 23.3 Å². The fraction of sp³-hybridized carbons (Fsp3) is 0.545. The van der Waals surface area contributed by atoms with Gasteiger partial charge in [-0.15, -0.1) is 0 Å². The van der Waals surface area contributed by atoms with Gasteiger partial charge in [0.2, 0.25) is 5.88 Å². The van der Waals surface area contributed by atoms with Crippen molar-refractivity contribution < 1.29 is 14.0 Å². The Balaban J connectivity index is 1.89. The third-order valence-corrected chi connectivity index (χ3v) is 5.20. The van der Waals surface area contributed by atoms with Gasteiger partial charge in [0.1, 0.15) is 23.4 Å². The number of nitrogens with zero attached hydrogens (tertiary/aromatic N) is 3. The average Bonchev–Trinajstić information content (AvgIpc) is 2.85. The Morgan fingerprint density at radius 1 is 1.42 bits per heavy atom. The molecule has 0 bridgehead atoms. The van der Waals surface area contributed by atoms with Gasteiger partial charge in [0.05, 0.1) is 13.2 Å². The highest BCUT2D eigenvalue weighted by atomic mass is 32.2. The van der Waals surface area contributed by atoms with Gasteiger partial charge < -0.3 is 14.0 Å². The molecule has 2 aromatic heterocycles. The predicted octanol–water partition coefficient (Wildman–Crippen LogP) is 1.38. The summed E-state index contributed by atoms with van der Waals surface area (Å²) < 4.78 is 24.0. The maximum atomic E-state index is 11.5. The molecule has 0 N–H and O–H groups in total. The first-order valence-corrected chi connectivity index (χ1v) is 8.31. The molecule has 1 aliphatic heterocycles. The molecular weight excluding hydrogens is 286 g/mol. The summed E-state index contributed by atoms with van der Waals surface area (Å²) in [6.07, 6.45) is 4.86. The topological polar surface area (TPSA) is 80.2 Å². The second kappa shape index (κ2) is 5.58. The normalized spacial score (nSPS) is 18.6. The highest BCUT2D eigenvalue weighted by Gasteiger charge is 2.21. The molecule has 19 heavy (non-hydrogen) atoms. The molecular formula is C11H13N3O3S2. The molecule has 0 saturated carbocycles. The molecule has 1 atom stereocenters. The first-order chi connectivity index (χ1) is 9.24. The second-order valence-corrected chi connectivity index (χ2v) is 6.75. The quantitative estimate of drug-likeness (QED) is 0.797. The highest BCUT2D eigenvalue weighted by molar-refractivity contribution is 7.92. The fourth-order valence-electron chi connectivity index (χ4n) is 1.87. The molecule has 1 saturated heterocycles. The number of ether oxygens (including phenoxy) is 2. The minimum Gasteiger partial charge on any atom is -0.610 e. The molecule has 2 aromatic rings. The van der Waals surface area contributed by atoms with Gasteiger partial charge in [0, 0.05) is 24.0 Å². The zero-order chi connectivity index (χ0) is 13.2. The summed E-state index contributed by atoms with van der Waals surface area (Å²) in [5.74, 6) is 0.533. The Morgan fingerprint density at radius 2 is 2.21 bits per heavy atom. The molecule has 3 heterocycles. The van der Waals surface area contributed by atoms with Crippen molar-refractivity contribution in [1.82, 2.24) is 15.0 Å². The van der Waals surface area contributed by atoms with Gasteiger partial charge in [-0.25, -0.2) is 9.97 Å². The first kappa shape index (κ1) is 13.0. The number of aromatic nitrogens is 3. The molecule has 0 spiro atoms. The third kappa shape index (κ3) is 2.81. The molecule has 102 valence electrons.